The second-order valence-corrected chi connectivity index (χ2v) is 24.3. The molecular formula is C69H60Cl7F2N11O8. The molecule has 28 heteroatoms. The number of anilines is 1. The zero-order valence-electron chi connectivity index (χ0n) is 52.4. The number of rotatable bonds is 13. The minimum absolute atomic E-state index is 0.147. The van der Waals surface area contributed by atoms with Crippen LogP contribution in [-0.4, -0.2) is 83.1 Å². The molecule has 6 aromatic heterocycles. The molecule has 2 saturated carbocycles. The Bertz CT molecular complexity index is 4470. The van der Waals surface area contributed by atoms with Gasteiger partial charge in [-0.2, -0.15) is 5.10 Å². The number of hydrogen-bond donors (Lipinski definition) is 4. The monoisotopic (exact) mass is 1450 g/mol. The molecule has 10 aromatic rings. The lowest BCUT2D eigenvalue weighted by Gasteiger charge is -2.17. The van der Waals surface area contributed by atoms with Gasteiger partial charge in [0.2, 0.25) is 0 Å². The van der Waals surface area contributed by atoms with Crippen molar-refractivity contribution < 1.29 is 47.0 Å². The number of halogens is 9. The molecule has 0 aliphatic heterocycles. The van der Waals surface area contributed by atoms with Crippen molar-refractivity contribution >= 4 is 134 Å². The average molecular weight is 1460 g/mol. The van der Waals surface area contributed by atoms with Crippen LogP contribution < -0.4 is 21.9 Å². The molecule has 4 aromatic carbocycles. The number of ether oxygens (including phenoxy) is 2. The molecule has 0 saturated heterocycles. The van der Waals surface area contributed by atoms with Crippen LogP contribution in [0.3, 0.4) is 0 Å². The normalized spacial score (nSPS) is 11.8. The maximum atomic E-state index is 14.6. The lowest BCUT2D eigenvalue weighted by molar-refractivity contribution is -0.186. The number of aromatic nitrogens is 7. The maximum Gasteiger partial charge on any atom is 0.305 e. The number of fused-ring (bicyclic) bond motifs is 1. The number of benzene rings is 4. The molecule has 0 unspecified atom stereocenters. The Morgan fingerprint density at radius 1 is 0.557 bits per heavy atom. The molecule has 2 amide bonds. The van der Waals surface area contributed by atoms with Gasteiger partial charge in [0.05, 0.1) is 60.6 Å². The van der Waals surface area contributed by atoms with Gasteiger partial charge in [0.25, 0.3) is 18.1 Å². The van der Waals surface area contributed by atoms with Crippen molar-refractivity contribution in [1.82, 2.24) is 45.3 Å². The number of aryl methyl sites for hydroxylation is 2. The number of nitrogens with zero attached hydrogens (tertiary/aromatic N) is 7. The number of nitrogens with one attached hydrogen (secondary N) is 3. The standard InChI is InChI=1S/C24H21FN4O.C17H14ClFN2O2.C10H9Cl2NO4.C7H10N2.C6H3Cl2NO.C5H3Cl2N/c1-14-4-3-5-19(8-14)29-23-13-26-22(11-17(23)12-27-29)20-9-16(10-21(25)15(20)2)24(30)28-18-6-7-18;1-9-13(16-6-11(8-22)14(18)7-20-16)4-10(5-15(9)19)17(23)21-12-2-3-12;1-5(14)16-10(17-6(2)15)7-3-9(12)13-4-8(7)11;1-6-3-2-4-7(5-6)9-8;7-5-2-9-6(8)1-4(5)3-10;6-4-1-2-5(7)8-3-4/h3-5,8-13,18H,6-7H2,1-2H3,(H,28,30);4-8,12H,2-3H2,1H3,(H,21,23);3-4,10H,1-2H3;2-5,9H,8H2,1H3;1-3H;1-3H. The van der Waals surface area contributed by atoms with Crippen LogP contribution in [0.15, 0.2) is 146 Å². The van der Waals surface area contributed by atoms with Crippen LogP contribution in [0.4, 0.5) is 14.5 Å². The van der Waals surface area contributed by atoms with Gasteiger partial charge in [-0.05, 0) is 161 Å². The third-order valence-corrected chi connectivity index (χ3v) is 15.6. The molecule has 2 aliphatic rings. The predicted molar refractivity (Wildman–Crippen MR) is 373 cm³/mol. The summed E-state index contributed by atoms with van der Waals surface area (Å²) in [4.78, 5) is 87.4. The van der Waals surface area contributed by atoms with Crippen molar-refractivity contribution in [2.75, 3.05) is 5.43 Å². The zero-order valence-corrected chi connectivity index (χ0v) is 57.7. The molecule has 2 aliphatic carbocycles. The largest absolute Gasteiger partial charge is 0.421 e. The van der Waals surface area contributed by atoms with E-state index >= 15 is 0 Å². The molecule has 12 rings (SSSR count). The summed E-state index contributed by atoms with van der Waals surface area (Å²) in [6.07, 6.45) is 12.9. The summed E-state index contributed by atoms with van der Waals surface area (Å²) in [5.74, 6) is 2.49. The zero-order chi connectivity index (χ0) is 70.6. The van der Waals surface area contributed by atoms with E-state index in [2.05, 4.69) is 52.1 Å². The Kier molecular flexibility index (Phi) is 27.8. The maximum absolute atomic E-state index is 14.6. The lowest BCUT2D eigenvalue weighted by atomic mass is 10.00. The quantitative estimate of drug-likeness (QED) is 0.0209. The third-order valence-electron chi connectivity index (χ3n) is 13.8. The van der Waals surface area contributed by atoms with E-state index in [1.807, 2.05) is 67.1 Å². The van der Waals surface area contributed by atoms with Crippen molar-refractivity contribution in [1.29, 1.82) is 0 Å². The van der Waals surface area contributed by atoms with Gasteiger partial charge >= 0.3 is 11.9 Å². The van der Waals surface area contributed by atoms with E-state index in [-0.39, 0.29) is 60.9 Å². The number of esters is 2. The second kappa shape index (κ2) is 35.8. The summed E-state index contributed by atoms with van der Waals surface area (Å²) in [6.45, 7) is 9.75. The Balaban J connectivity index is 0.000000176. The van der Waals surface area contributed by atoms with Gasteiger partial charge in [0.1, 0.15) is 27.1 Å². The number of hydrogen-bond acceptors (Lipinski definition) is 16. The number of aldehydes is 2. The van der Waals surface area contributed by atoms with Crippen molar-refractivity contribution in [3.05, 3.63) is 244 Å². The number of pyridine rings is 5. The molecule has 6 heterocycles. The Hall–Kier alpha value is -9.03. The van der Waals surface area contributed by atoms with E-state index in [4.69, 9.17) is 96.5 Å². The summed E-state index contributed by atoms with van der Waals surface area (Å²) in [5, 5.41) is 13.4. The summed E-state index contributed by atoms with van der Waals surface area (Å²) >= 11 is 39.3. The van der Waals surface area contributed by atoms with Crippen LogP contribution in [0.5, 0.6) is 0 Å². The molecule has 502 valence electrons. The van der Waals surface area contributed by atoms with Crippen LogP contribution in [0, 0.1) is 39.3 Å². The Morgan fingerprint density at radius 2 is 1.05 bits per heavy atom. The summed E-state index contributed by atoms with van der Waals surface area (Å²) in [6, 6.07) is 31.7. The van der Waals surface area contributed by atoms with Gasteiger partial charge in [-0.1, -0.05) is 105 Å². The summed E-state index contributed by atoms with van der Waals surface area (Å²) < 4.78 is 40.3. The molecule has 0 atom stereocenters. The van der Waals surface area contributed by atoms with E-state index in [0.717, 1.165) is 53.5 Å². The summed E-state index contributed by atoms with van der Waals surface area (Å²) in [7, 11) is 0. The first-order chi connectivity index (χ1) is 46.2. The highest BCUT2D eigenvalue weighted by atomic mass is 35.5. The van der Waals surface area contributed by atoms with Gasteiger partial charge < -0.3 is 25.5 Å². The van der Waals surface area contributed by atoms with Crippen LogP contribution in [0.1, 0.15) is 115 Å². The lowest BCUT2D eigenvalue weighted by Crippen LogP contribution is -2.25. The average Bonchev–Trinajstić information content (AvgIpc) is 1.74. The number of nitrogen functional groups attached to an aromatic ring is 1. The number of carbonyl (C=O) groups is 6. The predicted octanol–water partition coefficient (Wildman–Crippen LogP) is 16.7. The molecule has 2 fully saturated rings. The van der Waals surface area contributed by atoms with Crippen molar-refractivity contribution in [2.24, 2.45) is 5.84 Å². The fourth-order valence-electron chi connectivity index (χ4n) is 8.55. The SMILES string of the molecule is CC(=O)OC(OC(C)=O)c1cc(Cl)ncc1Cl.Cc1c(F)cc(C(=O)NC2CC2)cc1-c1cc(C=O)c(Cl)cn1.Cc1cccc(-n2ncc3cc(-c4cc(C(=O)NC5CC5)cc(F)c4C)ncc32)c1.Cc1cccc(NN)c1.Clc1ccc(Cl)nc1.O=Cc1cc(Cl)ncc1Cl. The molecule has 97 heavy (non-hydrogen) atoms. The first-order valence-electron chi connectivity index (χ1n) is 29.2. The topological polar surface area (TPSA) is 265 Å². The minimum atomic E-state index is -1.22. The third kappa shape index (κ3) is 22.8. The number of hydrazine groups is 1. The number of amides is 2. The van der Waals surface area contributed by atoms with Crippen molar-refractivity contribution in [3.8, 4) is 28.2 Å². The highest BCUT2D eigenvalue weighted by molar-refractivity contribution is 6.35. The molecule has 0 bridgehead atoms. The second-order valence-electron chi connectivity index (χ2n) is 21.5. The highest BCUT2D eigenvalue weighted by Crippen LogP contribution is 2.33. The van der Waals surface area contributed by atoms with E-state index in [1.165, 1.54) is 74.5 Å². The van der Waals surface area contributed by atoms with Crippen LogP contribution in [-0.2, 0) is 19.1 Å². The Morgan fingerprint density at radius 3 is 1.53 bits per heavy atom. The van der Waals surface area contributed by atoms with Gasteiger partial charge in [0, 0.05) is 95.2 Å². The van der Waals surface area contributed by atoms with Gasteiger partial charge in [-0.25, -0.2) is 28.4 Å². The number of carbonyl (C=O) groups excluding carboxylic acids is 6. The summed E-state index contributed by atoms with van der Waals surface area (Å²) in [5.41, 5.74) is 12.1. The van der Waals surface area contributed by atoms with Crippen LogP contribution >= 0.6 is 81.2 Å². The first kappa shape index (κ1) is 75.4. The molecule has 5 N–H and O–H groups in total. The van der Waals surface area contributed by atoms with Gasteiger partial charge in [-0.15, -0.1) is 0 Å². The molecule has 0 radical (unpaired) electrons. The van der Waals surface area contributed by atoms with Gasteiger partial charge in [0.15, 0.2) is 12.6 Å². The molecule has 19 nitrogen and oxygen atoms in total. The first-order valence-corrected chi connectivity index (χ1v) is 31.8. The Labute approximate surface area is 591 Å². The van der Waals surface area contributed by atoms with Gasteiger partial charge in [-0.3, -0.25) is 44.6 Å². The van der Waals surface area contributed by atoms with Crippen molar-refractivity contribution in [3.63, 3.8) is 0 Å². The van der Waals surface area contributed by atoms with E-state index in [0.29, 0.717) is 72.5 Å². The fourth-order valence-corrected chi connectivity index (χ4v) is 9.59. The van der Waals surface area contributed by atoms with E-state index < -0.39 is 29.9 Å². The van der Waals surface area contributed by atoms with Crippen LogP contribution in [0.25, 0.3) is 39.1 Å². The minimum Gasteiger partial charge on any atom is -0.421 e. The number of nitrogens with two attached hydrogens (primary N) is 1. The fraction of sp³-hybridized carbons (Fsp3) is 0.188. The van der Waals surface area contributed by atoms with E-state index in [9.17, 15) is 37.5 Å². The highest BCUT2D eigenvalue weighted by Gasteiger charge is 2.27. The molecular weight excluding hydrogens is 1400 g/mol. The van der Waals surface area contributed by atoms with E-state index in [1.54, 1.807) is 50.5 Å². The molecule has 0 spiro atoms. The van der Waals surface area contributed by atoms with Crippen LogP contribution in [0.2, 0.25) is 35.5 Å². The van der Waals surface area contributed by atoms with Crippen molar-refractivity contribution in [2.45, 2.75) is 85.6 Å². The smallest absolute Gasteiger partial charge is 0.305 e.